The first kappa shape index (κ1) is 15.7. The Hall–Kier alpha value is 0.270. The maximum absolute atomic E-state index is 6.17. The van der Waals surface area contributed by atoms with Crippen molar-refractivity contribution in [3.8, 4) is 0 Å². The monoisotopic (exact) mass is 285 g/mol. The molecule has 112 valence electrons. The van der Waals surface area contributed by atoms with Crippen LogP contribution < -0.4 is 5.32 Å². The second-order valence-electron chi connectivity index (χ2n) is 7.32. The molecular weight excluding hydrogens is 254 g/mol. The van der Waals surface area contributed by atoms with Crippen molar-refractivity contribution in [2.24, 2.45) is 5.92 Å². The summed E-state index contributed by atoms with van der Waals surface area (Å²) in [5.74, 6) is 3.51. The minimum Gasteiger partial charge on any atom is -0.375 e. The van der Waals surface area contributed by atoms with Crippen LogP contribution in [-0.2, 0) is 4.74 Å². The molecule has 2 saturated heterocycles. The van der Waals surface area contributed by atoms with Gasteiger partial charge in [-0.25, -0.2) is 0 Å². The Bertz CT molecular complexity index is 263. The lowest BCUT2D eigenvalue weighted by Gasteiger charge is -2.43. The van der Waals surface area contributed by atoms with Crippen molar-refractivity contribution >= 4 is 11.8 Å². The second kappa shape index (κ2) is 6.82. The molecule has 2 heterocycles. The van der Waals surface area contributed by atoms with E-state index in [2.05, 4.69) is 37.8 Å². The van der Waals surface area contributed by atoms with Gasteiger partial charge in [-0.1, -0.05) is 0 Å². The lowest BCUT2D eigenvalue weighted by Crippen LogP contribution is -2.43. The summed E-state index contributed by atoms with van der Waals surface area (Å²) in [7, 11) is 0. The molecule has 0 aliphatic carbocycles. The molecule has 0 aromatic heterocycles. The van der Waals surface area contributed by atoms with Gasteiger partial charge in [-0.3, -0.25) is 0 Å². The van der Waals surface area contributed by atoms with Crippen LogP contribution in [0.2, 0.25) is 0 Å². The van der Waals surface area contributed by atoms with E-state index in [1.807, 2.05) is 0 Å². The number of thioether (sulfide) groups is 1. The molecular formula is C16H31NOS. The van der Waals surface area contributed by atoms with Crippen LogP contribution in [0.5, 0.6) is 0 Å². The van der Waals surface area contributed by atoms with E-state index in [0.29, 0.717) is 0 Å². The van der Waals surface area contributed by atoms with Gasteiger partial charge in [0.1, 0.15) is 0 Å². The third kappa shape index (κ3) is 5.28. The number of rotatable bonds is 4. The molecule has 0 bridgehead atoms. The van der Waals surface area contributed by atoms with Crippen molar-refractivity contribution in [2.45, 2.75) is 70.4 Å². The molecule has 2 aliphatic heterocycles. The van der Waals surface area contributed by atoms with Crippen molar-refractivity contribution in [3.05, 3.63) is 0 Å². The molecule has 2 fully saturated rings. The molecule has 2 aliphatic rings. The van der Waals surface area contributed by atoms with E-state index in [1.54, 1.807) is 0 Å². The van der Waals surface area contributed by atoms with Crippen molar-refractivity contribution in [1.29, 1.82) is 0 Å². The summed E-state index contributed by atoms with van der Waals surface area (Å²) in [6.07, 6.45) is 7.87. The second-order valence-corrected chi connectivity index (χ2v) is 8.55. The number of hydrogen-bond acceptors (Lipinski definition) is 3. The lowest BCUT2D eigenvalue weighted by molar-refractivity contribution is -0.103. The van der Waals surface area contributed by atoms with Crippen LogP contribution >= 0.6 is 11.8 Å². The summed E-state index contributed by atoms with van der Waals surface area (Å²) < 4.78 is 6.17. The predicted molar refractivity (Wildman–Crippen MR) is 85.0 cm³/mol. The van der Waals surface area contributed by atoms with Crippen molar-refractivity contribution in [3.63, 3.8) is 0 Å². The highest BCUT2D eigenvalue weighted by Crippen LogP contribution is 2.40. The van der Waals surface area contributed by atoms with Crippen LogP contribution in [0.25, 0.3) is 0 Å². The van der Waals surface area contributed by atoms with Crippen LogP contribution in [0, 0.1) is 5.92 Å². The largest absolute Gasteiger partial charge is 0.375 e. The van der Waals surface area contributed by atoms with Gasteiger partial charge in [-0.2, -0.15) is 11.8 Å². The topological polar surface area (TPSA) is 21.3 Å². The Morgan fingerprint density at radius 1 is 1.26 bits per heavy atom. The molecule has 0 aromatic rings. The van der Waals surface area contributed by atoms with Crippen LogP contribution in [-0.4, -0.2) is 35.8 Å². The highest BCUT2D eigenvalue weighted by molar-refractivity contribution is 7.99. The molecule has 0 amide bonds. The number of nitrogens with one attached hydrogen (secondary N) is 1. The van der Waals surface area contributed by atoms with E-state index in [-0.39, 0.29) is 11.1 Å². The molecule has 0 saturated carbocycles. The van der Waals surface area contributed by atoms with Gasteiger partial charge in [0, 0.05) is 12.1 Å². The summed E-state index contributed by atoms with van der Waals surface area (Å²) in [4.78, 5) is 0. The van der Waals surface area contributed by atoms with E-state index in [1.165, 1.54) is 50.0 Å². The highest BCUT2D eigenvalue weighted by atomic mass is 32.2. The minimum absolute atomic E-state index is 0.261. The molecule has 1 spiro atoms. The number of hydrogen-bond donors (Lipinski definition) is 1. The van der Waals surface area contributed by atoms with Gasteiger partial charge < -0.3 is 10.1 Å². The summed E-state index contributed by atoms with van der Waals surface area (Å²) in [6, 6.07) is 0. The Labute approximate surface area is 123 Å². The van der Waals surface area contributed by atoms with Crippen LogP contribution in [0.1, 0.15) is 59.3 Å². The zero-order chi connectivity index (χ0) is 13.8. The Balaban J connectivity index is 1.69. The fourth-order valence-corrected chi connectivity index (χ4v) is 4.56. The molecule has 19 heavy (non-hydrogen) atoms. The summed E-state index contributed by atoms with van der Waals surface area (Å²) in [5, 5.41) is 3.60. The van der Waals surface area contributed by atoms with Gasteiger partial charge in [0.2, 0.25) is 0 Å². The van der Waals surface area contributed by atoms with E-state index < -0.39 is 0 Å². The average molecular weight is 285 g/mol. The van der Waals surface area contributed by atoms with Gasteiger partial charge in [0.05, 0.1) is 5.60 Å². The summed E-state index contributed by atoms with van der Waals surface area (Å²) >= 11 is 2.10. The third-order valence-electron chi connectivity index (χ3n) is 4.44. The standard InChI is InChI=1S/C16H31NOS/c1-15(2,3)17-9-4-5-14-6-10-18-16(13-14)7-11-19-12-8-16/h14,17H,4-13H2,1-3H3. The maximum atomic E-state index is 6.17. The zero-order valence-electron chi connectivity index (χ0n) is 13.0. The molecule has 0 radical (unpaired) electrons. The first-order chi connectivity index (χ1) is 8.99. The molecule has 1 atom stereocenters. The summed E-state index contributed by atoms with van der Waals surface area (Å²) in [5.41, 5.74) is 0.531. The Morgan fingerprint density at radius 3 is 2.68 bits per heavy atom. The maximum Gasteiger partial charge on any atom is 0.0700 e. The molecule has 2 nitrogen and oxygen atoms in total. The predicted octanol–water partition coefficient (Wildman–Crippen LogP) is 3.85. The van der Waals surface area contributed by atoms with Crippen molar-refractivity contribution in [1.82, 2.24) is 5.32 Å². The van der Waals surface area contributed by atoms with E-state index >= 15 is 0 Å². The zero-order valence-corrected chi connectivity index (χ0v) is 13.8. The first-order valence-corrected chi connectivity index (χ1v) is 9.11. The average Bonchev–Trinajstić information content (AvgIpc) is 2.35. The van der Waals surface area contributed by atoms with E-state index in [0.717, 1.165) is 19.1 Å². The quantitative estimate of drug-likeness (QED) is 0.793. The molecule has 3 heteroatoms. The van der Waals surface area contributed by atoms with Crippen LogP contribution in [0.3, 0.4) is 0 Å². The van der Waals surface area contributed by atoms with E-state index in [4.69, 9.17) is 4.74 Å². The van der Waals surface area contributed by atoms with Gasteiger partial charge in [-0.05, 0) is 83.3 Å². The fourth-order valence-electron chi connectivity index (χ4n) is 3.32. The Kier molecular flexibility index (Phi) is 5.62. The van der Waals surface area contributed by atoms with E-state index in [9.17, 15) is 0 Å². The van der Waals surface area contributed by atoms with Gasteiger partial charge >= 0.3 is 0 Å². The summed E-state index contributed by atoms with van der Waals surface area (Å²) in [6.45, 7) is 8.90. The van der Waals surface area contributed by atoms with Gasteiger partial charge in [0.15, 0.2) is 0 Å². The fraction of sp³-hybridized carbons (Fsp3) is 1.00. The first-order valence-electron chi connectivity index (χ1n) is 7.96. The third-order valence-corrected chi connectivity index (χ3v) is 5.43. The van der Waals surface area contributed by atoms with Crippen molar-refractivity contribution in [2.75, 3.05) is 24.7 Å². The van der Waals surface area contributed by atoms with Gasteiger partial charge in [0.25, 0.3) is 0 Å². The number of ether oxygens (including phenoxy) is 1. The molecule has 2 rings (SSSR count). The molecule has 1 N–H and O–H groups in total. The van der Waals surface area contributed by atoms with Crippen LogP contribution in [0.4, 0.5) is 0 Å². The van der Waals surface area contributed by atoms with Gasteiger partial charge in [-0.15, -0.1) is 0 Å². The SMILES string of the molecule is CC(C)(C)NCCCC1CCOC2(CCSCC2)C1. The van der Waals surface area contributed by atoms with Crippen molar-refractivity contribution < 1.29 is 4.74 Å². The highest BCUT2D eigenvalue weighted by Gasteiger charge is 2.38. The molecule has 0 aromatic carbocycles. The smallest absolute Gasteiger partial charge is 0.0700 e. The minimum atomic E-state index is 0.261. The normalized spacial score (nSPS) is 27.6. The Morgan fingerprint density at radius 2 is 2.00 bits per heavy atom. The lowest BCUT2D eigenvalue weighted by atomic mass is 9.80. The molecule has 1 unspecified atom stereocenters. The van der Waals surface area contributed by atoms with Crippen LogP contribution in [0.15, 0.2) is 0 Å².